The van der Waals surface area contributed by atoms with Crippen molar-refractivity contribution in [3.05, 3.63) is 59.9 Å². The number of ether oxygens (including phenoxy) is 1. The third kappa shape index (κ3) is 4.47. The fourth-order valence-electron chi connectivity index (χ4n) is 1.65. The molecule has 0 aliphatic rings. The molecule has 1 N–H and O–H groups in total. The van der Waals surface area contributed by atoms with Crippen molar-refractivity contribution in [3.8, 4) is 5.75 Å². The fourth-order valence-corrected chi connectivity index (χ4v) is 1.65. The molecule has 0 unspecified atom stereocenters. The summed E-state index contributed by atoms with van der Waals surface area (Å²) < 4.78 is 55.1. The highest BCUT2D eigenvalue weighted by atomic mass is 19.4. The molecular formula is C15H11F4NO2. The number of carbonyl (C=O) groups is 1. The molecule has 2 aromatic rings. The fraction of sp³-hybridized carbons (Fsp3) is 0.133. The first-order valence-electron chi connectivity index (χ1n) is 6.20. The summed E-state index contributed by atoms with van der Waals surface area (Å²) in [5.74, 6) is -0.882. The van der Waals surface area contributed by atoms with Gasteiger partial charge >= 0.3 is 6.18 Å². The van der Waals surface area contributed by atoms with Gasteiger partial charge in [-0.25, -0.2) is 4.39 Å². The number of alkyl halides is 3. The summed E-state index contributed by atoms with van der Waals surface area (Å²) in [6.45, 7) is -0.384. The van der Waals surface area contributed by atoms with E-state index in [0.29, 0.717) is 0 Å². The van der Waals surface area contributed by atoms with Gasteiger partial charge < -0.3 is 10.1 Å². The van der Waals surface area contributed by atoms with Crippen LogP contribution in [-0.2, 0) is 11.0 Å². The Hall–Kier alpha value is -2.57. The molecule has 0 aliphatic carbocycles. The molecule has 22 heavy (non-hydrogen) atoms. The normalized spacial score (nSPS) is 11.1. The van der Waals surface area contributed by atoms with Crippen LogP contribution in [0.1, 0.15) is 5.56 Å². The molecule has 116 valence electrons. The van der Waals surface area contributed by atoms with Gasteiger partial charge in [0.15, 0.2) is 6.61 Å². The molecule has 2 aromatic carbocycles. The van der Waals surface area contributed by atoms with E-state index in [2.05, 4.69) is 5.32 Å². The monoisotopic (exact) mass is 313 g/mol. The van der Waals surface area contributed by atoms with Crippen LogP contribution in [0.25, 0.3) is 0 Å². The zero-order valence-electron chi connectivity index (χ0n) is 11.2. The summed E-state index contributed by atoms with van der Waals surface area (Å²) in [5, 5.41) is 2.38. The molecule has 7 heteroatoms. The van der Waals surface area contributed by atoms with Gasteiger partial charge in [-0.15, -0.1) is 0 Å². The maximum Gasteiger partial charge on any atom is 0.416 e. The van der Waals surface area contributed by atoms with E-state index in [1.807, 2.05) is 0 Å². The first kappa shape index (κ1) is 15.8. The van der Waals surface area contributed by atoms with Crippen molar-refractivity contribution in [3.63, 3.8) is 0 Å². The lowest BCUT2D eigenvalue weighted by Crippen LogP contribution is -2.20. The van der Waals surface area contributed by atoms with E-state index in [4.69, 9.17) is 4.74 Å². The first-order chi connectivity index (χ1) is 10.3. The number of hydrogen-bond acceptors (Lipinski definition) is 2. The van der Waals surface area contributed by atoms with Crippen LogP contribution < -0.4 is 10.1 Å². The van der Waals surface area contributed by atoms with Crippen LogP contribution in [0.3, 0.4) is 0 Å². The summed E-state index contributed by atoms with van der Waals surface area (Å²) in [6.07, 6.45) is -4.43. The topological polar surface area (TPSA) is 38.3 Å². The summed E-state index contributed by atoms with van der Waals surface area (Å²) in [6, 6.07) is 9.27. The van der Waals surface area contributed by atoms with Crippen molar-refractivity contribution in [1.29, 1.82) is 0 Å². The van der Waals surface area contributed by atoms with E-state index in [0.717, 1.165) is 30.3 Å². The van der Waals surface area contributed by atoms with Gasteiger partial charge in [0.25, 0.3) is 5.91 Å². The third-order valence-corrected chi connectivity index (χ3v) is 2.66. The standard InChI is InChI=1S/C15H11F4NO2/c16-11-2-1-3-13(8-11)22-9-14(21)20-12-6-4-10(5-7-12)15(17,18)19/h1-8H,9H2,(H,20,21). The lowest BCUT2D eigenvalue weighted by Gasteiger charge is -2.09. The summed E-state index contributed by atoms with van der Waals surface area (Å²) in [4.78, 5) is 11.6. The average molecular weight is 313 g/mol. The summed E-state index contributed by atoms with van der Waals surface area (Å²) in [5.41, 5.74) is -0.595. The van der Waals surface area contributed by atoms with Crippen LogP contribution in [0.15, 0.2) is 48.5 Å². The third-order valence-electron chi connectivity index (χ3n) is 2.66. The Kier molecular flexibility index (Phi) is 4.65. The smallest absolute Gasteiger partial charge is 0.416 e. The molecular weight excluding hydrogens is 302 g/mol. The molecule has 0 aromatic heterocycles. The minimum absolute atomic E-state index is 0.183. The second-order valence-corrected chi connectivity index (χ2v) is 4.37. The number of hydrogen-bond donors (Lipinski definition) is 1. The molecule has 0 fully saturated rings. The summed E-state index contributed by atoms with van der Waals surface area (Å²) in [7, 11) is 0. The van der Waals surface area contributed by atoms with Crippen LogP contribution >= 0.6 is 0 Å². The van der Waals surface area contributed by atoms with Crippen LogP contribution in [0.5, 0.6) is 5.75 Å². The molecule has 0 aliphatic heterocycles. The molecule has 0 saturated heterocycles. The predicted octanol–water partition coefficient (Wildman–Crippen LogP) is 3.86. The molecule has 0 radical (unpaired) electrons. The highest BCUT2D eigenvalue weighted by Gasteiger charge is 2.29. The number of benzene rings is 2. The predicted molar refractivity (Wildman–Crippen MR) is 72.0 cm³/mol. The Balaban J connectivity index is 1.89. The van der Waals surface area contributed by atoms with Gasteiger partial charge in [0.1, 0.15) is 11.6 Å². The van der Waals surface area contributed by atoms with Gasteiger partial charge in [0.05, 0.1) is 5.56 Å². The number of anilines is 1. The maximum absolute atomic E-state index is 12.9. The van der Waals surface area contributed by atoms with Gasteiger partial charge in [-0.3, -0.25) is 4.79 Å². The van der Waals surface area contributed by atoms with Gasteiger partial charge in [-0.1, -0.05) is 6.07 Å². The molecule has 0 spiro atoms. The van der Waals surface area contributed by atoms with Gasteiger partial charge in [0.2, 0.25) is 0 Å². The van der Waals surface area contributed by atoms with Crippen molar-refractivity contribution in [2.24, 2.45) is 0 Å². The Morgan fingerprint density at radius 1 is 1.09 bits per heavy atom. The number of nitrogens with one attached hydrogen (secondary N) is 1. The van der Waals surface area contributed by atoms with Crippen molar-refractivity contribution in [1.82, 2.24) is 0 Å². The number of rotatable bonds is 4. The van der Waals surface area contributed by atoms with Crippen LogP contribution in [-0.4, -0.2) is 12.5 Å². The minimum atomic E-state index is -4.43. The zero-order valence-corrected chi connectivity index (χ0v) is 11.2. The van der Waals surface area contributed by atoms with E-state index in [-0.39, 0.29) is 18.0 Å². The SMILES string of the molecule is O=C(COc1cccc(F)c1)Nc1ccc(C(F)(F)F)cc1. The van der Waals surface area contributed by atoms with Crippen LogP contribution in [0, 0.1) is 5.82 Å². The highest BCUT2D eigenvalue weighted by molar-refractivity contribution is 5.91. The Labute approximate surface area is 123 Å². The number of amides is 1. The van der Waals surface area contributed by atoms with E-state index in [1.165, 1.54) is 18.2 Å². The largest absolute Gasteiger partial charge is 0.484 e. The molecule has 0 saturated carbocycles. The Morgan fingerprint density at radius 2 is 1.77 bits per heavy atom. The average Bonchev–Trinajstić information content (AvgIpc) is 2.45. The molecule has 1 amide bonds. The molecule has 0 atom stereocenters. The second-order valence-electron chi connectivity index (χ2n) is 4.37. The molecule has 3 nitrogen and oxygen atoms in total. The van der Waals surface area contributed by atoms with E-state index >= 15 is 0 Å². The summed E-state index contributed by atoms with van der Waals surface area (Å²) >= 11 is 0. The molecule has 0 heterocycles. The first-order valence-corrected chi connectivity index (χ1v) is 6.20. The van der Waals surface area contributed by atoms with Gasteiger partial charge in [0, 0.05) is 11.8 Å². The Morgan fingerprint density at radius 3 is 2.36 bits per heavy atom. The minimum Gasteiger partial charge on any atom is -0.484 e. The zero-order chi connectivity index (χ0) is 16.2. The number of carbonyl (C=O) groups excluding carboxylic acids is 1. The molecule has 2 rings (SSSR count). The van der Waals surface area contributed by atoms with Crippen molar-refractivity contribution in [2.45, 2.75) is 6.18 Å². The van der Waals surface area contributed by atoms with Crippen molar-refractivity contribution < 1.29 is 27.1 Å². The second kappa shape index (κ2) is 6.46. The lowest BCUT2D eigenvalue weighted by molar-refractivity contribution is -0.137. The van der Waals surface area contributed by atoms with Crippen molar-refractivity contribution >= 4 is 11.6 Å². The lowest BCUT2D eigenvalue weighted by atomic mass is 10.2. The quantitative estimate of drug-likeness (QED) is 0.870. The van der Waals surface area contributed by atoms with Crippen molar-refractivity contribution in [2.75, 3.05) is 11.9 Å². The van der Waals surface area contributed by atoms with Gasteiger partial charge in [-0.05, 0) is 36.4 Å². The van der Waals surface area contributed by atoms with Gasteiger partial charge in [-0.2, -0.15) is 13.2 Å². The highest BCUT2D eigenvalue weighted by Crippen LogP contribution is 2.29. The van der Waals surface area contributed by atoms with Crippen LogP contribution in [0.4, 0.5) is 23.2 Å². The molecule has 0 bridgehead atoms. The van der Waals surface area contributed by atoms with E-state index < -0.39 is 23.5 Å². The Bertz CT molecular complexity index is 653. The van der Waals surface area contributed by atoms with E-state index in [1.54, 1.807) is 0 Å². The van der Waals surface area contributed by atoms with E-state index in [9.17, 15) is 22.4 Å². The maximum atomic E-state index is 12.9. The number of halogens is 4. The van der Waals surface area contributed by atoms with Crippen LogP contribution in [0.2, 0.25) is 0 Å².